The van der Waals surface area contributed by atoms with E-state index in [1.165, 1.54) is 11.1 Å². The summed E-state index contributed by atoms with van der Waals surface area (Å²) in [5, 5.41) is 3.49. The first kappa shape index (κ1) is 16.8. The second-order valence-electron chi connectivity index (χ2n) is 5.76. The van der Waals surface area contributed by atoms with Crippen LogP contribution in [0.4, 0.5) is 0 Å². The number of nitrogens with zero attached hydrogens (tertiary/aromatic N) is 1. The van der Waals surface area contributed by atoms with E-state index in [4.69, 9.17) is 6.42 Å². The number of hydrogen-bond acceptors (Lipinski definition) is 2. The highest BCUT2D eigenvalue weighted by molar-refractivity contribution is 5.23. The van der Waals surface area contributed by atoms with Gasteiger partial charge in [0.05, 0.1) is 6.54 Å². The van der Waals surface area contributed by atoms with Crippen LogP contribution in [0, 0.1) is 18.3 Å². The molecule has 0 radical (unpaired) electrons. The Balaban J connectivity index is 2.55. The highest BCUT2D eigenvalue weighted by Crippen LogP contribution is 2.09. The Hall–Kier alpha value is -1.30. The van der Waals surface area contributed by atoms with Crippen LogP contribution < -0.4 is 5.32 Å². The third-order valence-electron chi connectivity index (χ3n) is 3.13. The summed E-state index contributed by atoms with van der Waals surface area (Å²) in [6.07, 6.45) is 6.57. The first-order chi connectivity index (χ1) is 9.65. The monoisotopic (exact) mass is 272 g/mol. The topological polar surface area (TPSA) is 15.3 Å². The van der Waals surface area contributed by atoms with Crippen molar-refractivity contribution in [2.24, 2.45) is 5.92 Å². The molecule has 0 aliphatic heterocycles. The smallest absolute Gasteiger partial charge is 0.0601 e. The fourth-order valence-electron chi connectivity index (χ4n) is 2.26. The average Bonchev–Trinajstić information content (AvgIpc) is 2.39. The van der Waals surface area contributed by atoms with E-state index in [0.717, 1.165) is 39.1 Å². The van der Waals surface area contributed by atoms with Gasteiger partial charge in [-0.1, -0.05) is 51.0 Å². The van der Waals surface area contributed by atoms with Gasteiger partial charge in [0.2, 0.25) is 0 Å². The predicted octanol–water partition coefficient (Wildman–Crippen LogP) is 3.28. The zero-order chi connectivity index (χ0) is 14.8. The van der Waals surface area contributed by atoms with E-state index in [2.05, 4.69) is 61.2 Å². The molecule has 20 heavy (non-hydrogen) atoms. The van der Waals surface area contributed by atoms with Crippen molar-refractivity contribution in [3.8, 4) is 12.3 Å². The minimum absolute atomic E-state index is 0.689. The predicted molar refractivity (Wildman–Crippen MR) is 87.4 cm³/mol. The van der Waals surface area contributed by atoms with E-state index < -0.39 is 0 Å². The molecule has 1 N–H and O–H groups in total. The molecule has 2 nitrogen and oxygen atoms in total. The molecular weight excluding hydrogens is 244 g/mol. The lowest BCUT2D eigenvalue weighted by Gasteiger charge is -2.19. The van der Waals surface area contributed by atoms with Crippen LogP contribution in [0.1, 0.15) is 38.3 Å². The van der Waals surface area contributed by atoms with Crippen LogP contribution in [0.3, 0.4) is 0 Å². The lowest BCUT2D eigenvalue weighted by molar-refractivity contribution is 0.299. The molecule has 2 heteroatoms. The molecule has 0 aliphatic rings. The largest absolute Gasteiger partial charge is 0.312 e. The summed E-state index contributed by atoms with van der Waals surface area (Å²) >= 11 is 0. The van der Waals surface area contributed by atoms with Gasteiger partial charge in [-0.2, -0.15) is 0 Å². The van der Waals surface area contributed by atoms with Crippen LogP contribution in [0.2, 0.25) is 0 Å². The summed E-state index contributed by atoms with van der Waals surface area (Å²) in [7, 11) is 0. The normalized spacial score (nSPS) is 11.0. The highest BCUT2D eigenvalue weighted by atomic mass is 15.1. The maximum Gasteiger partial charge on any atom is 0.0601 e. The van der Waals surface area contributed by atoms with Gasteiger partial charge in [-0.05, 0) is 36.6 Å². The van der Waals surface area contributed by atoms with E-state index in [9.17, 15) is 0 Å². The van der Waals surface area contributed by atoms with Gasteiger partial charge in [-0.25, -0.2) is 0 Å². The molecule has 0 fully saturated rings. The molecule has 1 aromatic rings. The molecule has 0 aliphatic carbocycles. The molecule has 0 heterocycles. The van der Waals surface area contributed by atoms with Gasteiger partial charge in [0, 0.05) is 13.1 Å². The molecule has 0 saturated carbocycles. The fourth-order valence-corrected chi connectivity index (χ4v) is 2.26. The Bertz CT molecular complexity index is 418. The van der Waals surface area contributed by atoms with Crippen molar-refractivity contribution < 1.29 is 0 Å². The fraction of sp³-hybridized carbons (Fsp3) is 0.556. The van der Waals surface area contributed by atoms with E-state index >= 15 is 0 Å². The van der Waals surface area contributed by atoms with Crippen molar-refractivity contribution >= 4 is 0 Å². The van der Waals surface area contributed by atoms with Crippen molar-refractivity contribution in [2.75, 3.05) is 19.6 Å². The van der Waals surface area contributed by atoms with Crippen molar-refractivity contribution in [2.45, 2.75) is 40.3 Å². The van der Waals surface area contributed by atoms with Gasteiger partial charge in [0.15, 0.2) is 0 Å². The van der Waals surface area contributed by atoms with E-state index in [1.807, 2.05) is 0 Å². The van der Waals surface area contributed by atoms with Gasteiger partial charge >= 0.3 is 0 Å². The molecular formula is C18H28N2. The van der Waals surface area contributed by atoms with E-state index in [-0.39, 0.29) is 0 Å². The summed E-state index contributed by atoms with van der Waals surface area (Å²) in [4.78, 5) is 2.32. The molecule has 0 atom stereocenters. The van der Waals surface area contributed by atoms with Crippen molar-refractivity contribution in [3.63, 3.8) is 0 Å². The average molecular weight is 272 g/mol. The maximum absolute atomic E-state index is 5.44. The summed E-state index contributed by atoms with van der Waals surface area (Å²) in [5.41, 5.74) is 2.69. The molecule has 0 unspecified atom stereocenters. The van der Waals surface area contributed by atoms with Gasteiger partial charge in [0.1, 0.15) is 0 Å². The number of terminal acetylenes is 1. The van der Waals surface area contributed by atoms with Crippen molar-refractivity contribution in [1.82, 2.24) is 10.2 Å². The third-order valence-corrected chi connectivity index (χ3v) is 3.13. The molecule has 0 spiro atoms. The zero-order valence-corrected chi connectivity index (χ0v) is 13.2. The third kappa shape index (κ3) is 6.75. The minimum atomic E-state index is 0.689. The highest BCUT2D eigenvalue weighted by Gasteiger charge is 2.04. The summed E-state index contributed by atoms with van der Waals surface area (Å²) < 4.78 is 0. The maximum atomic E-state index is 5.44. The minimum Gasteiger partial charge on any atom is -0.312 e. The summed E-state index contributed by atoms with van der Waals surface area (Å²) in [5.74, 6) is 3.44. The van der Waals surface area contributed by atoms with Crippen molar-refractivity contribution in [1.29, 1.82) is 0 Å². The van der Waals surface area contributed by atoms with Crippen LogP contribution in [0.15, 0.2) is 24.3 Å². The first-order valence-electron chi connectivity index (χ1n) is 7.60. The number of hydrogen-bond donors (Lipinski definition) is 1. The molecule has 0 bridgehead atoms. The van der Waals surface area contributed by atoms with Gasteiger partial charge < -0.3 is 5.32 Å². The molecule has 110 valence electrons. The zero-order valence-electron chi connectivity index (χ0n) is 13.2. The molecule has 1 aromatic carbocycles. The van der Waals surface area contributed by atoms with E-state index in [0.29, 0.717) is 5.92 Å². The van der Waals surface area contributed by atoms with Crippen LogP contribution >= 0.6 is 0 Å². The Labute approximate surface area is 124 Å². The lowest BCUT2D eigenvalue weighted by Crippen LogP contribution is -2.24. The van der Waals surface area contributed by atoms with Crippen LogP contribution in [-0.2, 0) is 13.1 Å². The van der Waals surface area contributed by atoms with Crippen LogP contribution in [-0.4, -0.2) is 24.5 Å². The molecule has 0 aromatic heterocycles. The second-order valence-corrected chi connectivity index (χ2v) is 5.76. The van der Waals surface area contributed by atoms with Crippen LogP contribution in [0.25, 0.3) is 0 Å². The Morgan fingerprint density at radius 2 is 2.05 bits per heavy atom. The summed E-state index contributed by atoms with van der Waals surface area (Å²) in [6, 6.07) is 8.79. The Morgan fingerprint density at radius 1 is 1.30 bits per heavy atom. The summed E-state index contributed by atoms with van der Waals surface area (Å²) in [6.45, 7) is 11.4. The van der Waals surface area contributed by atoms with Gasteiger partial charge in [-0.3, -0.25) is 4.90 Å². The number of nitrogens with one attached hydrogen (secondary N) is 1. The standard InChI is InChI=1S/C18H28N2/c1-5-10-20(11-6-2)15-18-9-7-8-17(12-18)14-19-13-16(3)4/h1,7-9,12,16,19H,6,10-11,13-15H2,2-4H3. The number of rotatable bonds is 9. The quantitative estimate of drug-likeness (QED) is 0.694. The van der Waals surface area contributed by atoms with Crippen LogP contribution in [0.5, 0.6) is 0 Å². The molecule has 0 amide bonds. The molecule has 0 saturated heterocycles. The Kier molecular flexibility index (Phi) is 8.02. The van der Waals surface area contributed by atoms with Gasteiger partial charge in [-0.15, -0.1) is 6.42 Å². The van der Waals surface area contributed by atoms with Crippen molar-refractivity contribution in [3.05, 3.63) is 35.4 Å². The second kappa shape index (κ2) is 9.58. The Morgan fingerprint density at radius 3 is 2.70 bits per heavy atom. The van der Waals surface area contributed by atoms with Gasteiger partial charge in [0.25, 0.3) is 0 Å². The molecule has 1 rings (SSSR count). The lowest BCUT2D eigenvalue weighted by atomic mass is 10.1. The first-order valence-corrected chi connectivity index (χ1v) is 7.60. The van der Waals surface area contributed by atoms with E-state index in [1.54, 1.807) is 0 Å². The number of benzene rings is 1. The SMILES string of the molecule is C#CCN(CCC)Cc1cccc(CNCC(C)C)c1.